The summed E-state index contributed by atoms with van der Waals surface area (Å²) in [5.41, 5.74) is 0. The maximum atomic E-state index is 5.89. The van der Waals surface area contributed by atoms with Gasteiger partial charge in [0.2, 0.25) is 0 Å². The van der Waals surface area contributed by atoms with Gasteiger partial charge in [0, 0.05) is 30.7 Å². The van der Waals surface area contributed by atoms with Crippen molar-refractivity contribution in [2.75, 3.05) is 46.6 Å². The minimum atomic E-state index is 0.637. The van der Waals surface area contributed by atoms with Gasteiger partial charge in [-0.1, -0.05) is 11.6 Å². The Hall–Kier alpha value is -0.970. The van der Waals surface area contributed by atoms with Gasteiger partial charge in [0.1, 0.15) is 6.61 Å². The van der Waals surface area contributed by atoms with Crippen LogP contribution in [-0.4, -0.2) is 51.5 Å². The summed E-state index contributed by atoms with van der Waals surface area (Å²) in [6, 6.07) is 5.39. The lowest BCUT2D eigenvalue weighted by atomic mass is 10.3. The number of nitrogens with zero attached hydrogens (tertiary/aromatic N) is 1. The molecule has 0 bridgehead atoms. The van der Waals surface area contributed by atoms with Gasteiger partial charge in [-0.15, -0.1) is 0 Å². The molecule has 0 radical (unpaired) electrons. The molecule has 5 heteroatoms. The fraction of sp³-hybridized carbons (Fsp3) is 0.538. The van der Waals surface area contributed by atoms with Crippen molar-refractivity contribution in [3.63, 3.8) is 0 Å². The van der Waals surface area contributed by atoms with E-state index in [1.54, 1.807) is 19.2 Å². The van der Waals surface area contributed by atoms with Crippen LogP contribution in [0.15, 0.2) is 18.2 Å². The van der Waals surface area contributed by atoms with Crippen LogP contribution >= 0.6 is 11.6 Å². The smallest absolute Gasteiger partial charge is 0.162 e. The van der Waals surface area contributed by atoms with Gasteiger partial charge in [-0.25, -0.2) is 0 Å². The zero-order valence-corrected chi connectivity index (χ0v) is 11.3. The van der Waals surface area contributed by atoms with Gasteiger partial charge < -0.3 is 14.2 Å². The highest BCUT2D eigenvalue weighted by atomic mass is 35.5. The summed E-state index contributed by atoms with van der Waals surface area (Å²) < 4.78 is 16.2. The van der Waals surface area contributed by atoms with E-state index in [-0.39, 0.29) is 0 Å². The second-order valence-electron chi connectivity index (χ2n) is 4.10. The Morgan fingerprint density at radius 1 is 1.28 bits per heavy atom. The Morgan fingerprint density at radius 2 is 2.06 bits per heavy atom. The first-order chi connectivity index (χ1) is 8.79. The van der Waals surface area contributed by atoms with Gasteiger partial charge in [0.15, 0.2) is 11.5 Å². The van der Waals surface area contributed by atoms with Crippen LogP contribution in [0.5, 0.6) is 11.5 Å². The molecule has 0 saturated carbocycles. The zero-order valence-electron chi connectivity index (χ0n) is 10.5. The fourth-order valence-electron chi connectivity index (χ4n) is 1.87. The van der Waals surface area contributed by atoms with Crippen LogP contribution in [0, 0.1) is 0 Å². The summed E-state index contributed by atoms with van der Waals surface area (Å²) >= 11 is 5.89. The van der Waals surface area contributed by atoms with Crippen molar-refractivity contribution in [3.8, 4) is 11.5 Å². The fourth-order valence-corrected chi connectivity index (χ4v) is 2.03. The number of methoxy groups -OCH3 is 1. The van der Waals surface area contributed by atoms with Crippen LogP contribution in [0.3, 0.4) is 0 Å². The highest BCUT2D eigenvalue weighted by molar-refractivity contribution is 6.30. The van der Waals surface area contributed by atoms with Crippen molar-refractivity contribution in [3.05, 3.63) is 23.2 Å². The molecule has 2 rings (SSSR count). The number of ether oxygens (including phenoxy) is 3. The van der Waals surface area contributed by atoms with Gasteiger partial charge in [-0.3, -0.25) is 4.90 Å². The minimum Gasteiger partial charge on any atom is -0.493 e. The molecule has 1 saturated heterocycles. The Bertz CT molecular complexity index is 380. The third kappa shape index (κ3) is 3.77. The van der Waals surface area contributed by atoms with Crippen LogP contribution < -0.4 is 9.47 Å². The average Bonchev–Trinajstić information content (AvgIpc) is 2.41. The number of benzene rings is 1. The molecule has 0 aromatic heterocycles. The molecule has 0 atom stereocenters. The summed E-state index contributed by atoms with van der Waals surface area (Å²) in [4.78, 5) is 2.33. The Kier molecular flexibility index (Phi) is 5.11. The number of halogens is 1. The van der Waals surface area contributed by atoms with E-state index in [0.29, 0.717) is 17.4 Å². The van der Waals surface area contributed by atoms with E-state index in [9.17, 15) is 0 Å². The van der Waals surface area contributed by atoms with E-state index in [1.807, 2.05) is 6.07 Å². The summed E-state index contributed by atoms with van der Waals surface area (Å²) in [5.74, 6) is 1.40. The molecule has 1 fully saturated rings. The lowest BCUT2D eigenvalue weighted by Crippen LogP contribution is -2.38. The number of hydrogen-bond donors (Lipinski definition) is 0. The van der Waals surface area contributed by atoms with E-state index in [4.69, 9.17) is 25.8 Å². The summed E-state index contributed by atoms with van der Waals surface area (Å²) in [7, 11) is 1.61. The Labute approximate surface area is 112 Å². The van der Waals surface area contributed by atoms with Crippen LogP contribution in [0.25, 0.3) is 0 Å². The Balaban J connectivity index is 1.82. The number of rotatable bonds is 5. The van der Waals surface area contributed by atoms with E-state index >= 15 is 0 Å². The maximum Gasteiger partial charge on any atom is 0.162 e. The van der Waals surface area contributed by atoms with Gasteiger partial charge in [-0.2, -0.15) is 0 Å². The standard InChI is InChI=1S/C13H18ClNO3/c1-16-13-10-11(14)2-3-12(13)18-9-6-15-4-7-17-8-5-15/h2-3,10H,4-9H2,1H3. The van der Waals surface area contributed by atoms with Crippen molar-refractivity contribution < 1.29 is 14.2 Å². The topological polar surface area (TPSA) is 30.9 Å². The highest BCUT2D eigenvalue weighted by Gasteiger charge is 2.10. The predicted octanol–water partition coefficient (Wildman–Crippen LogP) is 2.06. The van der Waals surface area contributed by atoms with Crippen molar-refractivity contribution in [2.45, 2.75) is 0 Å². The molecule has 1 aliphatic rings. The van der Waals surface area contributed by atoms with Crippen molar-refractivity contribution >= 4 is 11.6 Å². The van der Waals surface area contributed by atoms with Crippen LogP contribution in [0.4, 0.5) is 0 Å². The molecule has 0 aliphatic carbocycles. The molecule has 1 heterocycles. The molecule has 100 valence electrons. The van der Waals surface area contributed by atoms with E-state index < -0.39 is 0 Å². The zero-order chi connectivity index (χ0) is 12.8. The minimum absolute atomic E-state index is 0.637. The third-order valence-electron chi connectivity index (χ3n) is 2.89. The third-order valence-corrected chi connectivity index (χ3v) is 3.13. The molecular formula is C13H18ClNO3. The summed E-state index contributed by atoms with van der Waals surface area (Å²) in [5, 5.41) is 0.646. The van der Waals surface area contributed by atoms with Crippen LogP contribution in [-0.2, 0) is 4.74 Å². The lowest BCUT2D eigenvalue weighted by molar-refractivity contribution is 0.0321. The number of hydrogen-bond acceptors (Lipinski definition) is 4. The normalized spacial score (nSPS) is 16.6. The second-order valence-corrected chi connectivity index (χ2v) is 4.53. The summed E-state index contributed by atoms with van der Waals surface area (Å²) in [6.07, 6.45) is 0. The second kappa shape index (κ2) is 6.83. The van der Waals surface area contributed by atoms with E-state index in [1.165, 1.54) is 0 Å². The molecule has 1 aromatic carbocycles. The first kappa shape index (κ1) is 13.5. The molecule has 1 aromatic rings. The molecule has 0 amide bonds. The molecule has 0 unspecified atom stereocenters. The van der Waals surface area contributed by atoms with Crippen LogP contribution in [0.2, 0.25) is 5.02 Å². The monoisotopic (exact) mass is 271 g/mol. The van der Waals surface area contributed by atoms with Crippen LogP contribution in [0.1, 0.15) is 0 Å². The molecular weight excluding hydrogens is 254 g/mol. The van der Waals surface area contributed by atoms with Gasteiger partial charge in [0.05, 0.1) is 20.3 Å². The molecule has 1 aliphatic heterocycles. The van der Waals surface area contributed by atoms with Gasteiger partial charge in [-0.05, 0) is 12.1 Å². The molecule has 18 heavy (non-hydrogen) atoms. The van der Waals surface area contributed by atoms with E-state index in [2.05, 4.69) is 4.90 Å². The van der Waals surface area contributed by atoms with Gasteiger partial charge in [0.25, 0.3) is 0 Å². The maximum absolute atomic E-state index is 5.89. The largest absolute Gasteiger partial charge is 0.493 e. The average molecular weight is 272 g/mol. The molecule has 4 nitrogen and oxygen atoms in total. The lowest BCUT2D eigenvalue weighted by Gasteiger charge is -2.26. The van der Waals surface area contributed by atoms with Crippen molar-refractivity contribution in [2.24, 2.45) is 0 Å². The highest BCUT2D eigenvalue weighted by Crippen LogP contribution is 2.29. The van der Waals surface area contributed by atoms with Gasteiger partial charge >= 0.3 is 0 Å². The summed E-state index contributed by atoms with van der Waals surface area (Å²) in [6.45, 7) is 5.10. The van der Waals surface area contributed by atoms with Crippen molar-refractivity contribution in [1.82, 2.24) is 4.90 Å². The molecule has 0 spiro atoms. The Morgan fingerprint density at radius 3 is 2.78 bits per heavy atom. The SMILES string of the molecule is COc1cc(Cl)ccc1OCCN1CCOCC1. The van der Waals surface area contributed by atoms with Crippen molar-refractivity contribution in [1.29, 1.82) is 0 Å². The first-order valence-corrected chi connectivity index (χ1v) is 6.44. The number of morpholine rings is 1. The predicted molar refractivity (Wildman–Crippen MR) is 70.8 cm³/mol. The quantitative estimate of drug-likeness (QED) is 0.820. The van der Waals surface area contributed by atoms with E-state index in [0.717, 1.165) is 38.6 Å². The molecule has 0 N–H and O–H groups in total. The first-order valence-electron chi connectivity index (χ1n) is 6.06.